The summed E-state index contributed by atoms with van der Waals surface area (Å²) in [4.78, 5) is 39.4. The predicted octanol–water partition coefficient (Wildman–Crippen LogP) is 3.81. The van der Waals surface area contributed by atoms with Gasteiger partial charge in [-0.2, -0.15) is 0 Å². The molecule has 0 saturated heterocycles. The van der Waals surface area contributed by atoms with Crippen molar-refractivity contribution in [2.75, 3.05) is 17.2 Å². The fourth-order valence-corrected chi connectivity index (χ4v) is 3.37. The summed E-state index contributed by atoms with van der Waals surface area (Å²) in [5, 5.41) is 9.90. The summed E-state index contributed by atoms with van der Waals surface area (Å²) in [6, 6.07) is 9.75. The number of nitrogens with one attached hydrogen (secondary N) is 3. The van der Waals surface area contributed by atoms with Crippen LogP contribution in [0.25, 0.3) is 11.3 Å². The van der Waals surface area contributed by atoms with Gasteiger partial charge in [0.05, 0.1) is 11.3 Å². The van der Waals surface area contributed by atoms with Crippen molar-refractivity contribution in [2.24, 2.45) is 0 Å². The Labute approximate surface area is 180 Å². The van der Waals surface area contributed by atoms with Crippen molar-refractivity contribution in [3.05, 3.63) is 65.0 Å². The van der Waals surface area contributed by atoms with Crippen LogP contribution < -0.4 is 16.0 Å². The topological polar surface area (TPSA) is 100 Å². The van der Waals surface area contributed by atoms with E-state index in [0.29, 0.717) is 22.6 Å². The van der Waals surface area contributed by atoms with Crippen LogP contribution in [-0.4, -0.2) is 29.3 Å². The maximum Gasteiger partial charge on any atom is 0.254 e. The molecule has 10 heteroatoms. The number of halogens is 2. The van der Waals surface area contributed by atoms with Gasteiger partial charge in [0.15, 0.2) is 5.13 Å². The number of nitrogens with zero attached hydrogens (tertiary/aromatic N) is 1. The van der Waals surface area contributed by atoms with Gasteiger partial charge in [-0.15, -0.1) is 11.3 Å². The molecule has 0 atom stereocenters. The second-order valence-electron chi connectivity index (χ2n) is 6.47. The number of aromatic nitrogens is 1. The molecule has 2 aromatic carbocycles. The van der Waals surface area contributed by atoms with Crippen LogP contribution in [0.15, 0.2) is 47.8 Å². The highest BCUT2D eigenvalue weighted by Crippen LogP contribution is 2.26. The Kier molecular flexibility index (Phi) is 7.03. The van der Waals surface area contributed by atoms with Crippen molar-refractivity contribution in [2.45, 2.75) is 13.3 Å². The molecule has 7 nitrogen and oxygen atoms in total. The molecule has 3 rings (SSSR count). The van der Waals surface area contributed by atoms with E-state index in [1.807, 2.05) is 0 Å². The lowest BCUT2D eigenvalue weighted by Crippen LogP contribution is -2.28. The van der Waals surface area contributed by atoms with Crippen molar-refractivity contribution >= 4 is 39.9 Å². The first kappa shape index (κ1) is 22.0. The highest BCUT2D eigenvalue weighted by Gasteiger charge is 2.13. The molecular formula is C21H18F2N4O3S. The molecule has 0 bridgehead atoms. The number of thiazole rings is 1. The van der Waals surface area contributed by atoms with Crippen molar-refractivity contribution in [3.8, 4) is 11.3 Å². The molecule has 0 aliphatic rings. The molecule has 0 aliphatic carbocycles. The third-order valence-corrected chi connectivity index (χ3v) is 4.82. The number of amides is 3. The molecule has 0 radical (unpaired) electrons. The number of carbonyl (C=O) groups is 3. The smallest absolute Gasteiger partial charge is 0.254 e. The molecule has 0 unspecified atom stereocenters. The van der Waals surface area contributed by atoms with E-state index in [1.165, 1.54) is 18.3 Å². The molecule has 31 heavy (non-hydrogen) atoms. The standard InChI is InChI=1S/C21H18F2N4O3S/c1-12(28)25-15-5-2-13(3-6-15)18-11-31-21(26-18)27-19(29)8-9-24-20(30)16-7-4-14(22)10-17(16)23/h2-7,10-11H,8-9H2,1H3,(H,24,30)(H,25,28)(H,26,27,29). The monoisotopic (exact) mass is 444 g/mol. The Morgan fingerprint density at radius 1 is 1.03 bits per heavy atom. The first-order valence-electron chi connectivity index (χ1n) is 9.18. The molecule has 1 aromatic heterocycles. The third-order valence-electron chi connectivity index (χ3n) is 4.06. The lowest BCUT2D eigenvalue weighted by atomic mass is 10.1. The average molecular weight is 444 g/mol. The predicted molar refractivity (Wildman–Crippen MR) is 114 cm³/mol. The Balaban J connectivity index is 1.49. The summed E-state index contributed by atoms with van der Waals surface area (Å²) in [6.45, 7) is 1.40. The quantitative estimate of drug-likeness (QED) is 0.516. The summed E-state index contributed by atoms with van der Waals surface area (Å²) < 4.78 is 26.5. The molecule has 3 amide bonds. The summed E-state index contributed by atoms with van der Waals surface area (Å²) in [5.41, 5.74) is 1.85. The summed E-state index contributed by atoms with van der Waals surface area (Å²) in [5.74, 6) is -3.01. The number of hydrogen-bond donors (Lipinski definition) is 3. The van der Waals surface area contributed by atoms with Gasteiger partial charge in [-0.1, -0.05) is 12.1 Å². The van der Waals surface area contributed by atoms with Gasteiger partial charge >= 0.3 is 0 Å². The van der Waals surface area contributed by atoms with Crippen molar-refractivity contribution < 1.29 is 23.2 Å². The second kappa shape index (κ2) is 9.90. The van der Waals surface area contributed by atoms with Gasteiger partial charge in [0.25, 0.3) is 5.91 Å². The fraction of sp³-hybridized carbons (Fsp3) is 0.143. The maximum atomic E-state index is 13.6. The zero-order chi connectivity index (χ0) is 22.4. The largest absolute Gasteiger partial charge is 0.351 e. The SMILES string of the molecule is CC(=O)Nc1ccc(-c2csc(NC(=O)CCNC(=O)c3ccc(F)cc3F)n2)cc1. The number of carbonyl (C=O) groups excluding carboxylic acids is 3. The van der Waals surface area contributed by atoms with Crippen LogP contribution in [0.4, 0.5) is 19.6 Å². The zero-order valence-corrected chi connectivity index (χ0v) is 17.2. The molecular weight excluding hydrogens is 426 g/mol. The Hall–Kier alpha value is -3.66. The molecule has 1 heterocycles. The van der Waals surface area contributed by atoms with Gasteiger partial charge < -0.3 is 16.0 Å². The van der Waals surface area contributed by atoms with Crippen LogP contribution in [0, 0.1) is 11.6 Å². The van der Waals surface area contributed by atoms with E-state index >= 15 is 0 Å². The summed E-state index contributed by atoms with van der Waals surface area (Å²) in [7, 11) is 0. The van der Waals surface area contributed by atoms with Crippen molar-refractivity contribution in [1.29, 1.82) is 0 Å². The summed E-state index contributed by atoms with van der Waals surface area (Å²) in [6.07, 6.45) is -0.0467. The minimum absolute atomic E-state index is 0.0235. The Morgan fingerprint density at radius 2 is 1.77 bits per heavy atom. The molecule has 0 spiro atoms. The molecule has 3 aromatic rings. The van der Waals surface area contributed by atoms with Gasteiger partial charge in [-0.3, -0.25) is 14.4 Å². The van der Waals surface area contributed by atoms with Crippen molar-refractivity contribution in [3.63, 3.8) is 0 Å². The van der Waals surface area contributed by atoms with Crippen LogP contribution in [0.3, 0.4) is 0 Å². The number of anilines is 2. The number of rotatable bonds is 7. The van der Waals surface area contributed by atoms with E-state index in [-0.39, 0.29) is 30.3 Å². The van der Waals surface area contributed by atoms with E-state index in [2.05, 4.69) is 20.9 Å². The second-order valence-corrected chi connectivity index (χ2v) is 7.33. The van der Waals surface area contributed by atoms with Gasteiger partial charge in [-0.25, -0.2) is 13.8 Å². The van der Waals surface area contributed by atoms with Gasteiger partial charge in [0.1, 0.15) is 11.6 Å². The molecule has 0 fully saturated rings. The van der Waals surface area contributed by atoms with E-state index < -0.39 is 17.5 Å². The van der Waals surface area contributed by atoms with E-state index in [1.54, 1.807) is 29.6 Å². The van der Waals surface area contributed by atoms with Gasteiger partial charge in [-0.05, 0) is 24.3 Å². The Bertz CT molecular complexity index is 1120. The van der Waals surface area contributed by atoms with Crippen LogP contribution in [0.2, 0.25) is 0 Å². The first-order chi connectivity index (χ1) is 14.8. The molecule has 3 N–H and O–H groups in total. The maximum absolute atomic E-state index is 13.6. The normalized spacial score (nSPS) is 10.4. The Morgan fingerprint density at radius 3 is 2.45 bits per heavy atom. The molecule has 0 saturated carbocycles. The molecule has 160 valence electrons. The summed E-state index contributed by atoms with van der Waals surface area (Å²) >= 11 is 1.24. The van der Waals surface area contributed by atoms with Gasteiger partial charge in [0, 0.05) is 42.6 Å². The minimum atomic E-state index is -0.970. The van der Waals surface area contributed by atoms with Crippen LogP contribution in [0.5, 0.6) is 0 Å². The average Bonchev–Trinajstić information content (AvgIpc) is 3.16. The third kappa shape index (κ3) is 6.16. The minimum Gasteiger partial charge on any atom is -0.351 e. The van der Waals surface area contributed by atoms with Crippen molar-refractivity contribution in [1.82, 2.24) is 10.3 Å². The fourth-order valence-electron chi connectivity index (χ4n) is 2.63. The van der Waals surface area contributed by atoms with Crippen LogP contribution >= 0.6 is 11.3 Å². The molecule has 0 aliphatic heterocycles. The highest BCUT2D eigenvalue weighted by atomic mass is 32.1. The van der Waals surface area contributed by atoms with Crippen LogP contribution in [-0.2, 0) is 9.59 Å². The first-order valence-corrected chi connectivity index (χ1v) is 10.1. The zero-order valence-electron chi connectivity index (χ0n) is 16.4. The van der Waals surface area contributed by atoms with Crippen LogP contribution in [0.1, 0.15) is 23.7 Å². The number of hydrogen-bond acceptors (Lipinski definition) is 5. The lowest BCUT2D eigenvalue weighted by molar-refractivity contribution is -0.116. The number of benzene rings is 2. The van der Waals surface area contributed by atoms with Gasteiger partial charge in [0.2, 0.25) is 11.8 Å². The van der Waals surface area contributed by atoms with E-state index in [0.717, 1.165) is 17.7 Å². The highest BCUT2D eigenvalue weighted by molar-refractivity contribution is 7.14. The lowest BCUT2D eigenvalue weighted by Gasteiger charge is -2.06. The van der Waals surface area contributed by atoms with E-state index in [4.69, 9.17) is 0 Å². The van der Waals surface area contributed by atoms with E-state index in [9.17, 15) is 23.2 Å².